The van der Waals surface area contributed by atoms with Gasteiger partial charge in [-0.1, -0.05) is 29.8 Å². The normalized spacial score (nSPS) is 21.9. The Morgan fingerprint density at radius 2 is 1.95 bits per heavy atom. The van der Waals surface area contributed by atoms with Crippen molar-refractivity contribution in [1.29, 1.82) is 0 Å². The highest BCUT2D eigenvalue weighted by molar-refractivity contribution is 6.29. The van der Waals surface area contributed by atoms with Crippen molar-refractivity contribution >= 4 is 29.3 Å². The Kier molecular flexibility index (Phi) is 4.16. The minimum atomic E-state index is -0.955. The van der Waals surface area contributed by atoms with E-state index in [0.29, 0.717) is 18.7 Å². The predicted octanol–water partition coefficient (Wildman–Crippen LogP) is 2.34. The van der Waals surface area contributed by atoms with Crippen LogP contribution in [-0.4, -0.2) is 22.0 Å². The van der Waals surface area contributed by atoms with E-state index in [-0.39, 0.29) is 11.1 Å². The molecular formula is C13H13ClN2O3. The first-order valence-electron chi connectivity index (χ1n) is 5.89. The van der Waals surface area contributed by atoms with Crippen LogP contribution < -0.4 is 5.32 Å². The first kappa shape index (κ1) is 13.5. The molecule has 1 aliphatic rings. The molecular weight excluding hydrogens is 268 g/mol. The number of halogens is 1. The molecule has 0 bridgehead atoms. The number of aliphatic carboxylic acids is 1. The number of allylic oxidation sites excluding steroid dienone is 2. The largest absolute Gasteiger partial charge is 0.481 e. The minimum Gasteiger partial charge on any atom is -0.481 e. The van der Waals surface area contributed by atoms with Gasteiger partial charge in [0.2, 0.25) is 5.91 Å². The van der Waals surface area contributed by atoms with Gasteiger partial charge in [-0.2, -0.15) is 0 Å². The van der Waals surface area contributed by atoms with E-state index in [9.17, 15) is 9.59 Å². The van der Waals surface area contributed by atoms with E-state index in [2.05, 4.69) is 10.3 Å². The average molecular weight is 281 g/mol. The third-order valence-electron chi connectivity index (χ3n) is 3.05. The number of carbonyl (C=O) groups is 2. The third-order valence-corrected chi connectivity index (χ3v) is 3.26. The Labute approximate surface area is 115 Å². The first-order valence-corrected chi connectivity index (χ1v) is 6.27. The number of pyridine rings is 1. The second-order valence-corrected chi connectivity index (χ2v) is 4.72. The molecule has 2 atom stereocenters. The van der Waals surface area contributed by atoms with E-state index in [1.165, 1.54) is 0 Å². The fraction of sp³-hybridized carbons (Fsp3) is 0.308. The average Bonchev–Trinajstić information content (AvgIpc) is 2.38. The van der Waals surface area contributed by atoms with Gasteiger partial charge in [-0.15, -0.1) is 0 Å². The van der Waals surface area contributed by atoms with Gasteiger partial charge >= 0.3 is 5.97 Å². The molecule has 1 heterocycles. The second kappa shape index (κ2) is 5.84. The van der Waals surface area contributed by atoms with E-state index in [1.807, 2.05) is 6.08 Å². The van der Waals surface area contributed by atoms with Crippen LogP contribution in [0.2, 0.25) is 5.15 Å². The van der Waals surface area contributed by atoms with Crippen LogP contribution >= 0.6 is 11.6 Å². The summed E-state index contributed by atoms with van der Waals surface area (Å²) < 4.78 is 0. The Hall–Kier alpha value is -1.88. The molecule has 2 N–H and O–H groups in total. The summed E-state index contributed by atoms with van der Waals surface area (Å²) >= 11 is 5.73. The lowest BCUT2D eigenvalue weighted by Gasteiger charge is -2.23. The summed E-state index contributed by atoms with van der Waals surface area (Å²) in [4.78, 5) is 27.2. The lowest BCUT2D eigenvalue weighted by molar-refractivity contribution is -0.146. The fourth-order valence-corrected chi connectivity index (χ4v) is 2.24. The summed E-state index contributed by atoms with van der Waals surface area (Å²) in [5.41, 5.74) is 0. The molecule has 0 aliphatic heterocycles. The summed E-state index contributed by atoms with van der Waals surface area (Å²) in [5.74, 6) is -2.24. The maximum Gasteiger partial charge on any atom is 0.307 e. The topological polar surface area (TPSA) is 79.3 Å². The fourth-order valence-electron chi connectivity index (χ4n) is 2.07. The number of rotatable bonds is 3. The number of hydrogen-bond acceptors (Lipinski definition) is 3. The van der Waals surface area contributed by atoms with Gasteiger partial charge in [0.05, 0.1) is 11.8 Å². The summed E-state index contributed by atoms with van der Waals surface area (Å²) in [5, 5.41) is 12.0. The third kappa shape index (κ3) is 3.32. The van der Waals surface area contributed by atoms with Crippen molar-refractivity contribution < 1.29 is 14.7 Å². The first-order chi connectivity index (χ1) is 9.08. The van der Waals surface area contributed by atoms with Gasteiger partial charge in [0, 0.05) is 0 Å². The van der Waals surface area contributed by atoms with E-state index in [1.54, 1.807) is 24.3 Å². The van der Waals surface area contributed by atoms with Crippen LogP contribution in [0, 0.1) is 11.8 Å². The molecule has 0 saturated carbocycles. The van der Waals surface area contributed by atoms with Gasteiger partial charge in [-0.3, -0.25) is 9.59 Å². The van der Waals surface area contributed by atoms with Gasteiger partial charge in [-0.05, 0) is 25.0 Å². The molecule has 0 aromatic carbocycles. The number of carboxylic acid groups (broad SMARTS) is 1. The highest BCUT2D eigenvalue weighted by Gasteiger charge is 2.34. The molecule has 1 amide bonds. The number of nitrogens with zero attached hydrogens (tertiary/aromatic N) is 1. The van der Waals surface area contributed by atoms with Crippen molar-refractivity contribution in [2.75, 3.05) is 5.32 Å². The Bertz CT molecular complexity index is 530. The Morgan fingerprint density at radius 1 is 1.26 bits per heavy atom. The summed E-state index contributed by atoms with van der Waals surface area (Å²) in [6.45, 7) is 0. The van der Waals surface area contributed by atoms with Crippen LogP contribution in [-0.2, 0) is 9.59 Å². The number of amides is 1. The van der Waals surface area contributed by atoms with Crippen LogP contribution in [0.1, 0.15) is 12.8 Å². The molecule has 2 rings (SSSR count). The maximum absolute atomic E-state index is 12.1. The maximum atomic E-state index is 12.1. The predicted molar refractivity (Wildman–Crippen MR) is 70.9 cm³/mol. The van der Waals surface area contributed by atoms with Gasteiger partial charge in [-0.25, -0.2) is 4.98 Å². The van der Waals surface area contributed by atoms with Crippen molar-refractivity contribution in [3.8, 4) is 0 Å². The van der Waals surface area contributed by atoms with Gasteiger partial charge in [0.1, 0.15) is 11.0 Å². The van der Waals surface area contributed by atoms with Crippen molar-refractivity contribution in [3.63, 3.8) is 0 Å². The van der Waals surface area contributed by atoms with Crippen molar-refractivity contribution in [3.05, 3.63) is 35.5 Å². The SMILES string of the molecule is O=C(O)C1CC=CCC1C(=O)Nc1cccc(Cl)n1. The lowest BCUT2D eigenvalue weighted by atomic mass is 9.82. The summed E-state index contributed by atoms with van der Waals surface area (Å²) in [6, 6.07) is 4.87. The van der Waals surface area contributed by atoms with E-state index < -0.39 is 17.8 Å². The van der Waals surface area contributed by atoms with Crippen molar-refractivity contribution in [2.45, 2.75) is 12.8 Å². The number of nitrogens with one attached hydrogen (secondary N) is 1. The molecule has 0 fully saturated rings. The molecule has 19 heavy (non-hydrogen) atoms. The lowest BCUT2D eigenvalue weighted by Crippen LogP contribution is -2.34. The summed E-state index contributed by atoms with van der Waals surface area (Å²) in [6.07, 6.45) is 4.41. The molecule has 6 heteroatoms. The van der Waals surface area contributed by atoms with Gasteiger partial charge < -0.3 is 10.4 Å². The quantitative estimate of drug-likeness (QED) is 0.658. The molecule has 100 valence electrons. The van der Waals surface area contributed by atoms with Crippen LogP contribution in [0.15, 0.2) is 30.4 Å². The highest BCUT2D eigenvalue weighted by Crippen LogP contribution is 2.27. The molecule has 0 radical (unpaired) electrons. The number of aromatic nitrogens is 1. The van der Waals surface area contributed by atoms with Crippen LogP contribution in [0.5, 0.6) is 0 Å². The molecule has 1 aromatic heterocycles. The molecule has 1 aliphatic carbocycles. The van der Waals surface area contributed by atoms with Crippen LogP contribution in [0.4, 0.5) is 5.82 Å². The van der Waals surface area contributed by atoms with Crippen LogP contribution in [0.3, 0.4) is 0 Å². The van der Waals surface area contributed by atoms with E-state index >= 15 is 0 Å². The van der Waals surface area contributed by atoms with Gasteiger partial charge in [0.15, 0.2) is 0 Å². The molecule has 1 aromatic rings. The highest BCUT2D eigenvalue weighted by atomic mass is 35.5. The van der Waals surface area contributed by atoms with E-state index in [4.69, 9.17) is 16.7 Å². The zero-order valence-electron chi connectivity index (χ0n) is 10.0. The number of anilines is 1. The number of hydrogen-bond donors (Lipinski definition) is 2. The zero-order chi connectivity index (χ0) is 13.8. The van der Waals surface area contributed by atoms with Crippen molar-refractivity contribution in [1.82, 2.24) is 4.98 Å². The van der Waals surface area contributed by atoms with Crippen molar-refractivity contribution in [2.24, 2.45) is 11.8 Å². The van der Waals surface area contributed by atoms with Crippen LogP contribution in [0.25, 0.3) is 0 Å². The zero-order valence-corrected chi connectivity index (χ0v) is 10.8. The number of carboxylic acids is 1. The molecule has 2 unspecified atom stereocenters. The standard InChI is InChI=1S/C13H13ClN2O3/c14-10-6-3-7-11(15-10)16-12(17)8-4-1-2-5-9(8)13(18)19/h1-3,6-9H,4-5H2,(H,18,19)(H,15,16,17). The molecule has 0 saturated heterocycles. The molecule has 5 nitrogen and oxygen atoms in total. The number of carbonyl (C=O) groups excluding carboxylic acids is 1. The summed E-state index contributed by atoms with van der Waals surface area (Å²) in [7, 11) is 0. The van der Waals surface area contributed by atoms with Gasteiger partial charge in [0.25, 0.3) is 0 Å². The monoisotopic (exact) mass is 280 g/mol. The molecule has 0 spiro atoms. The minimum absolute atomic E-state index is 0.274. The smallest absolute Gasteiger partial charge is 0.307 e. The van der Waals surface area contributed by atoms with E-state index in [0.717, 1.165) is 0 Å². The second-order valence-electron chi connectivity index (χ2n) is 4.33. The Balaban J connectivity index is 2.10. The Morgan fingerprint density at radius 3 is 2.58 bits per heavy atom.